The van der Waals surface area contributed by atoms with E-state index in [0.29, 0.717) is 12.6 Å². The van der Waals surface area contributed by atoms with Gasteiger partial charge in [0.05, 0.1) is 5.60 Å². The van der Waals surface area contributed by atoms with Gasteiger partial charge < -0.3 is 25.0 Å². The first-order chi connectivity index (χ1) is 10.7. The molecule has 0 aromatic heterocycles. The van der Waals surface area contributed by atoms with E-state index in [0.717, 1.165) is 51.9 Å². The number of ether oxygens (including phenoxy) is 1. The molecule has 2 saturated heterocycles. The summed E-state index contributed by atoms with van der Waals surface area (Å²) >= 11 is 0. The van der Waals surface area contributed by atoms with Crippen molar-refractivity contribution in [2.24, 2.45) is 0 Å². The van der Waals surface area contributed by atoms with Gasteiger partial charge in [-0.3, -0.25) is 0 Å². The van der Waals surface area contributed by atoms with Crippen molar-refractivity contribution in [3.05, 3.63) is 0 Å². The number of carbonyl (C=O) groups excluding carboxylic acids is 1. The number of hydrogen-bond acceptors (Lipinski definition) is 5. The van der Waals surface area contributed by atoms with Gasteiger partial charge in [0.1, 0.15) is 5.60 Å². The zero-order valence-corrected chi connectivity index (χ0v) is 15.1. The van der Waals surface area contributed by atoms with Gasteiger partial charge in [-0.25, -0.2) is 4.79 Å². The van der Waals surface area contributed by atoms with Crippen LogP contribution in [0.2, 0.25) is 0 Å². The number of likely N-dealkylation sites (N-methyl/N-ethyl adjacent to an activating group) is 1. The second-order valence-corrected chi connectivity index (χ2v) is 8.09. The molecule has 2 aliphatic heterocycles. The molecule has 2 aliphatic rings. The van der Waals surface area contributed by atoms with E-state index in [4.69, 9.17) is 4.74 Å². The molecule has 0 aromatic rings. The van der Waals surface area contributed by atoms with Gasteiger partial charge in [-0.1, -0.05) is 0 Å². The highest BCUT2D eigenvalue weighted by atomic mass is 16.6. The van der Waals surface area contributed by atoms with Gasteiger partial charge in [0.15, 0.2) is 0 Å². The van der Waals surface area contributed by atoms with Crippen molar-refractivity contribution in [1.82, 2.24) is 15.1 Å². The van der Waals surface area contributed by atoms with Gasteiger partial charge in [-0.2, -0.15) is 0 Å². The summed E-state index contributed by atoms with van der Waals surface area (Å²) in [5, 5.41) is 14.0. The molecule has 0 aliphatic carbocycles. The smallest absolute Gasteiger partial charge is 0.410 e. The van der Waals surface area contributed by atoms with E-state index >= 15 is 0 Å². The number of piperidine rings is 2. The maximum Gasteiger partial charge on any atom is 0.410 e. The molecule has 0 bridgehead atoms. The van der Waals surface area contributed by atoms with Crippen molar-refractivity contribution in [3.63, 3.8) is 0 Å². The molecule has 2 N–H and O–H groups in total. The number of hydrogen-bond donors (Lipinski definition) is 2. The van der Waals surface area contributed by atoms with Crippen LogP contribution >= 0.6 is 0 Å². The van der Waals surface area contributed by atoms with Crippen LogP contribution in [-0.2, 0) is 4.74 Å². The normalized spacial score (nSPS) is 23.1. The van der Waals surface area contributed by atoms with Crippen LogP contribution in [-0.4, -0.2) is 78.0 Å². The molecule has 0 saturated carbocycles. The average Bonchev–Trinajstić information content (AvgIpc) is 2.46. The lowest BCUT2D eigenvalue weighted by Crippen LogP contribution is -2.53. The molecule has 0 unspecified atom stereocenters. The van der Waals surface area contributed by atoms with E-state index in [2.05, 4.69) is 17.3 Å². The summed E-state index contributed by atoms with van der Waals surface area (Å²) < 4.78 is 5.44. The Labute approximate surface area is 140 Å². The lowest BCUT2D eigenvalue weighted by Gasteiger charge is -2.41. The maximum atomic E-state index is 12.1. The van der Waals surface area contributed by atoms with Crippen LogP contribution in [0.15, 0.2) is 0 Å². The predicted octanol–water partition coefficient (Wildman–Crippen LogP) is 1.43. The standard InChI is InChI=1S/C17H33N3O3/c1-16(2,3)23-15(21)20-11-5-14(6-12-20)19(4)13-17(22)7-9-18-10-8-17/h14,18,22H,5-13H2,1-4H3. The predicted molar refractivity (Wildman–Crippen MR) is 90.5 cm³/mol. The largest absolute Gasteiger partial charge is 0.444 e. The van der Waals surface area contributed by atoms with Crippen LogP contribution in [0.1, 0.15) is 46.5 Å². The lowest BCUT2D eigenvalue weighted by molar-refractivity contribution is -0.0320. The molecule has 0 aromatic carbocycles. The Morgan fingerprint density at radius 3 is 2.39 bits per heavy atom. The van der Waals surface area contributed by atoms with E-state index in [1.54, 1.807) is 4.90 Å². The second-order valence-electron chi connectivity index (χ2n) is 8.09. The third-order valence-corrected chi connectivity index (χ3v) is 4.82. The molecule has 2 rings (SSSR count). The summed E-state index contributed by atoms with van der Waals surface area (Å²) in [5.74, 6) is 0. The van der Waals surface area contributed by atoms with Gasteiger partial charge >= 0.3 is 6.09 Å². The lowest BCUT2D eigenvalue weighted by atomic mass is 9.91. The van der Waals surface area contributed by atoms with Crippen molar-refractivity contribution >= 4 is 6.09 Å². The van der Waals surface area contributed by atoms with E-state index in [-0.39, 0.29) is 6.09 Å². The van der Waals surface area contributed by atoms with Crippen molar-refractivity contribution in [1.29, 1.82) is 0 Å². The first kappa shape index (κ1) is 18.5. The molecule has 2 heterocycles. The fraction of sp³-hybridized carbons (Fsp3) is 0.941. The number of nitrogens with zero attached hydrogens (tertiary/aromatic N) is 2. The summed E-state index contributed by atoms with van der Waals surface area (Å²) in [6.07, 6.45) is 3.28. The van der Waals surface area contributed by atoms with E-state index < -0.39 is 11.2 Å². The molecular formula is C17H33N3O3. The van der Waals surface area contributed by atoms with Crippen molar-refractivity contribution in [3.8, 4) is 0 Å². The number of carbonyl (C=O) groups is 1. The van der Waals surface area contributed by atoms with Gasteiger partial charge in [-0.15, -0.1) is 0 Å². The quantitative estimate of drug-likeness (QED) is 0.821. The van der Waals surface area contributed by atoms with E-state index in [1.807, 2.05) is 20.8 Å². The molecule has 6 nitrogen and oxygen atoms in total. The van der Waals surface area contributed by atoms with Crippen LogP contribution in [0, 0.1) is 0 Å². The van der Waals surface area contributed by atoms with Crippen molar-refractivity contribution < 1.29 is 14.6 Å². The zero-order valence-electron chi connectivity index (χ0n) is 15.1. The maximum absolute atomic E-state index is 12.1. The molecule has 2 fully saturated rings. The Morgan fingerprint density at radius 2 is 1.87 bits per heavy atom. The minimum absolute atomic E-state index is 0.212. The molecule has 134 valence electrons. The van der Waals surface area contributed by atoms with E-state index in [9.17, 15) is 9.90 Å². The summed E-state index contributed by atoms with van der Waals surface area (Å²) in [7, 11) is 2.09. The highest BCUT2D eigenvalue weighted by Crippen LogP contribution is 2.23. The second kappa shape index (κ2) is 7.36. The molecule has 23 heavy (non-hydrogen) atoms. The number of nitrogens with one attached hydrogen (secondary N) is 1. The number of rotatable bonds is 3. The first-order valence-corrected chi connectivity index (χ1v) is 8.80. The number of amides is 1. The van der Waals surface area contributed by atoms with Crippen molar-refractivity contribution in [2.45, 2.75) is 63.7 Å². The molecule has 0 atom stereocenters. The van der Waals surface area contributed by atoms with Crippen LogP contribution in [0.4, 0.5) is 4.79 Å². The van der Waals surface area contributed by atoms with Gasteiger partial charge in [-0.05, 0) is 66.6 Å². The molecule has 6 heteroatoms. The highest BCUT2D eigenvalue weighted by molar-refractivity contribution is 5.68. The third-order valence-electron chi connectivity index (χ3n) is 4.82. The Kier molecular flexibility index (Phi) is 5.92. The Morgan fingerprint density at radius 1 is 1.30 bits per heavy atom. The third kappa shape index (κ3) is 5.62. The van der Waals surface area contributed by atoms with Crippen molar-refractivity contribution in [2.75, 3.05) is 39.8 Å². The average molecular weight is 327 g/mol. The fourth-order valence-corrected chi connectivity index (χ4v) is 3.46. The first-order valence-electron chi connectivity index (χ1n) is 8.80. The summed E-state index contributed by atoms with van der Waals surface area (Å²) in [6, 6.07) is 0.424. The Bertz CT molecular complexity index is 394. The topological polar surface area (TPSA) is 65.0 Å². The Balaban J connectivity index is 1.78. The SMILES string of the molecule is CN(CC1(O)CCNCC1)C1CCN(C(=O)OC(C)(C)C)CC1. The van der Waals surface area contributed by atoms with Crippen LogP contribution in [0.5, 0.6) is 0 Å². The minimum Gasteiger partial charge on any atom is -0.444 e. The number of aliphatic hydroxyl groups is 1. The molecular weight excluding hydrogens is 294 g/mol. The van der Waals surface area contributed by atoms with Crippen LogP contribution in [0.25, 0.3) is 0 Å². The monoisotopic (exact) mass is 327 g/mol. The summed E-state index contributed by atoms with van der Waals surface area (Å²) in [6.45, 7) is 9.63. The number of likely N-dealkylation sites (tertiary alicyclic amines) is 1. The van der Waals surface area contributed by atoms with Crippen LogP contribution in [0.3, 0.4) is 0 Å². The van der Waals surface area contributed by atoms with Gasteiger partial charge in [0, 0.05) is 25.7 Å². The van der Waals surface area contributed by atoms with Crippen LogP contribution < -0.4 is 5.32 Å². The van der Waals surface area contributed by atoms with Gasteiger partial charge in [0.25, 0.3) is 0 Å². The minimum atomic E-state index is -0.567. The summed E-state index contributed by atoms with van der Waals surface area (Å²) in [5.41, 5.74) is -1.01. The molecule has 0 spiro atoms. The Hall–Kier alpha value is -0.850. The zero-order chi connectivity index (χ0) is 17.1. The van der Waals surface area contributed by atoms with E-state index in [1.165, 1.54) is 0 Å². The fourth-order valence-electron chi connectivity index (χ4n) is 3.46. The molecule has 0 radical (unpaired) electrons. The molecule has 1 amide bonds. The highest BCUT2D eigenvalue weighted by Gasteiger charge is 2.34. The van der Waals surface area contributed by atoms with Gasteiger partial charge in [0.2, 0.25) is 0 Å². The summed E-state index contributed by atoms with van der Waals surface area (Å²) in [4.78, 5) is 16.2.